The van der Waals surface area contributed by atoms with E-state index in [0.717, 1.165) is 45.3 Å². The first-order chi connectivity index (χ1) is 13.8. The van der Waals surface area contributed by atoms with Gasteiger partial charge in [-0.25, -0.2) is 0 Å². The van der Waals surface area contributed by atoms with Gasteiger partial charge < -0.3 is 18.9 Å². The van der Waals surface area contributed by atoms with Crippen LogP contribution in [0.3, 0.4) is 0 Å². The molecule has 28 heavy (non-hydrogen) atoms. The van der Waals surface area contributed by atoms with Gasteiger partial charge >= 0.3 is 0 Å². The maximum absolute atomic E-state index is 5.37. The normalized spacial score (nSPS) is 12.6. The van der Waals surface area contributed by atoms with Crippen molar-refractivity contribution in [1.29, 1.82) is 0 Å². The number of fused-ring (bicyclic) bond motifs is 2. The zero-order chi connectivity index (χ0) is 18.8. The van der Waals surface area contributed by atoms with Crippen LogP contribution in [0.4, 0.5) is 0 Å². The standard InChI is InChI=1S/C24H14O4/c1-2-18(6-8-20-10-12-22-24(14-20)28-16-26-22)4-3-17(1)5-7-19-9-11-21-23(13-19)27-15-25-21/h1-4,9-14H,15-16H2. The molecule has 2 aliphatic heterocycles. The number of rotatable bonds is 0. The molecular weight excluding hydrogens is 352 g/mol. The fourth-order valence-corrected chi connectivity index (χ4v) is 2.87. The van der Waals surface area contributed by atoms with Crippen LogP contribution in [0.15, 0.2) is 60.7 Å². The lowest BCUT2D eigenvalue weighted by Crippen LogP contribution is -1.92. The van der Waals surface area contributed by atoms with Crippen molar-refractivity contribution in [3.63, 3.8) is 0 Å². The molecule has 0 aliphatic carbocycles. The molecule has 0 radical (unpaired) electrons. The van der Waals surface area contributed by atoms with Gasteiger partial charge in [0.15, 0.2) is 23.0 Å². The van der Waals surface area contributed by atoms with E-state index in [2.05, 4.69) is 23.7 Å². The summed E-state index contributed by atoms with van der Waals surface area (Å²) in [5.74, 6) is 15.6. The van der Waals surface area contributed by atoms with Crippen LogP contribution in [0.2, 0.25) is 0 Å². The second-order valence-corrected chi connectivity index (χ2v) is 6.21. The van der Waals surface area contributed by atoms with Gasteiger partial charge in [-0.1, -0.05) is 23.7 Å². The van der Waals surface area contributed by atoms with Crippen LogP contribution in [0.25, 0.3) is 0 Å². The van der Waals surface area contributed by atoms with Crippen molar-refractivity contribution in [1.82, 2.24) is 0 Å². The Balaban J connectivity index is 1.30. The van der Waals surface area contributed by atoms with Crippen LogP contribution in [0.1, 0.15) is 22.3 Å². The summed E-state index contributed by atoms with van der Waals surface area (Å²) >= 11 is 0. The van der Waals surface area contributed by atoms with Crippen molar-refractivity contribution in [2.24, 2.45) is 0 Å². The van der Waals surface area contributed by atoms with Gasteiger partial charge in [0.05, 0.1) is 0 Å². The van der Waals surface area contributed by atoms with E-state index in [9.17, 15) is 0 Å². The summed E-state index contributed by atoms with van der Waals surface area (Å²) in [4.78, 5) is 0. The van der Waals surface area contributed by atoms with Crippen molar-refractivity contribution in [2.45, 2.75) is 0 Å². The van der Waals surface area contributed by atoms with E-state index in [4.69, 9.17) is 18.9 Å². The first kappa shape index (κ1) is 16.2. The van der Waals surface area contributed by atoms with E-state index >= 15 is 0 Å². The molecule has 0 saturated heterocycles. The lowest BCUT2D eigenvalue weighted by molar-refractivity contribution is 0.173. The van der Waals surface area contributed by atoms with Crippen LogP contribution in [0, 0.1) is 23.7 Å². The van der Waals surface area contributed by atoms with Crippen molar-refractivity contribution in [3.05, 3.63) is 82.9 Å². The number of hydrogen-bond donors (Lipinski definition) is 0. The Bertz CT molecular complexity index is 1080. The second-order valence-electron chi connectivity index (χ2n) is 6.21. The average molecular weight is 366 g/mol. The first-order valence-electron chi connectivity index (χ1n) is 8.77. The molecule has 0 bridgehead atoms. The highest BCUT2D eigenvalue weighted by Crippen LogP contribution is 2.33. The Morgan fingerprint density at radius 3 is 1.25 bits per heavy atom. The van der Waals surface area contributed by atoms with Crippen LogP contribution < -0.4 is 18.9 Å². The topological polar surface area (TPSA) is 36.9 Å². The highest BCUT2D eigenvalue weighted by molar-refractivity contribution is 5.53. The molecule has 0 aromatic heterocycles. The van der Waals surface area contributed by atoms with E-state index in [1.807, 2.05) is 60.7 Å². The van der Waals surface area contributed by atoms with Gasteiger partial charge in [-0.05, 0) is 60.7 Å². The summed E-state index contributed by atoms with van der Waals surface area (Å²) in [5.41, 5.74) is 3.62. The first-order valence-corrected chi connectivity index (χ1v) is 8.77. The van der Waals surface area contributed by atoms with Crippen LogP contribution in [0.5, 0.6) is 23.0 Å². The second kappa shape index (κ2) is 6.95. The predicted molar refractivity (Wildman–Crippen MR) is 104 cm³/mol. The molecule has 4 heteroatoms. The fourth-order valence-electron chi connectivity index (χ4n) is 2.87. The zero-order valence-corrected chi connectivity index (χ0v) is 14.8. The molecule has 0 N–H and O–H groups in total. The highest BCUT2D eigenvalue weighted by Gasteiger charge is 2.13. The van der Waals surface area contributed by atoms with Crippen molar-refractivity contribution >= 4 is 0 Å². The Morgan fingerprint density at radius 1 is 0.429 bits per heavy atom. The largest absolute Gasteiger partial charge is 0.454 e. The minimum Gasteiger partial charge on any atom is -0.454 e. The third-order valence-electron chi connectivity index (χ3n) is 4.33. The lowest BCUT2D eigenvalue weighted by atomic mass is 10.1. The van der Waals surface area contributed by atoms with Crippen LogP contribution in [-0.2, 0) is 0 Å². The summed E-state index contributed by atoms with van der Waals surface area (Å²) in [5, 5.41) is 0. The molecule has 3 aromatic rings. The fraction of sp³-hybridized carbons (Fsp3) is 0.0833. The number of benzene rings is 3. The summed E-state index contributed by atoms with van der Waals surface area (Å²) in [6.07, 6.45) is 0. The smallest absolute Gasteiger partial charge is 0.231 e. The molecule has 0 fully saturated rings. The van der Waals surface area contributed by atoms with E-state index < -0.39 is 0 Å². The van der Waals surface area contributed by atoms with Crippen LogP contribution in [-0.4, -0.2) is 13.6 Å². The van der Waals surface area contributed by atoms with Gasteiger partial charge in [0.2, 0.25) is 13.6 Å². The molecule has 2 aliphatic rings. The van der Waals surface area contributed by atoms with Gasteiger partial charge in [-0.3, -0.25) is 0 Å². The summed E-state index contributed by atoms with van der Waals surface area (Å²) in [6.45, 7) is 0.530. The molecular formula is C24H14O4. The van der Waals surface area contributed by atoms with Gasteiger partial charge in [0.1, 0.15) is 0 Å². The van der Waals surface area contributed by atoms with Crippen molar-refractivity contribution in [3.8, 4) is 46.7 Å². The van der Waals surface area contributed by atoms with Gasteiger partial charge in [-0.2, -0.15) is 0 Å². The molecule has 2 heterocycles. The summed E-state index contributed by atoms with van der Waals surface area (Å²) in [6, 6.07) is 19.2. The Morgan fingerprint density at radius 2 is 0.786 bits per heavy atom. The molecule has 134 valence electrons. The monoisotopic (exact) mass is 366 g/mol. The minimum atomic E-state index is 0.265. The maximum Gasteiger partial charge on any atom is 0.231 e. The van der Waals surface area contributed by atoms with Gasteiger partial charge in [0.25, 0.3) is 0 Å². The molecule has 0 amide bonds. The SMILES string of the molecule is C(#Cc1ccc2c(c1)OCO2)c1ccc(C#Cc2ccc3c(c2)OCO3)cc1. The molecule has 0 saturated carbocycles. The van der Waals surface area contributed by atoms with Gasteiger partial charge in [0, 0.05) is 22.3 Å². The zero-order valence-electron chi connectivity index (χ0n) is 14.8. The molecule has 0 spiro atoms. The highest BCUT2D eigenvalue weighted by atomic mass is 16.7. The maximum atomic E-state index is 5.37. The summed E-state index contributed by atoms with van der Waals surface area (Å²) in [7, 11) is 0. The lowest BCUT2D eigenvalue weighted by Gasteiger charge is -1.96. The van der Waals surface area contributed by atoms with E-state index in [1.54, 1.807) is 0 Å². The third kappa shape index (κ3) is 3.32. The van der Waals surface area contributed by atoms with E-state index in [1.165, 1.54) is 0 Å². The molecule has 0 unspecified atom stereocenters. The Hall–Kier alpha value is -4.02. The van der Waals surface area contributed by atoms with E-state index in [0.29, 0.717) is 0 Å². The number of hydrogen-bond acceptors (Lipinski definition) is 4. The van der Waals surface area contributed by atoms with Crippen molar-refractivity contribution < 1.29 is 18.9 Å². The summed E-state index contributed by atoms with van der Waals surface area (Å²) < 4.78 is 21.4. The molecule has 0 atom stereocenters. The average Bonchev–Trinajstić information content (AvgIpc) is 3.39. The van der Waals surface area contributed by atoms with Crippen molar-refractivity contribution in [2.75, 3.05) is 13.6 Å². The predicted octanol–water partition coefficient (Wildman–Crippen LogP) is 3.94. The molecule has 3 aromatic carbocycles. The van der Waals surface area contributed by atoms with E-state index in [-0.39, 0.29) is 13.6 Å². The minimum absolute atomic E-state index is 0.265. The Kier molecular flexibility index (Phi) is 4.01. The quantitative estimate of drug-likeness (QED) is 0.565. The van der Waals surface area contributed by atoms with Crippen LogP contribution >= 0.6 is 0 Å². The molecule has 4 nitrogen and oxygen atoms in total. The third-order valence-corrected chi connectivity index (χ3v) is 4.33. The Labute approximate surface area is 162 Å². The number of ether oxygens (including phenoxy) is 4. The van der Waals surface area contributed by atoms with Gasteiger partial charge in [-0.15, -0.1) is 0 Å². The molecule has 5 rings (SSSR count).